The number of fused-ring (bicyclic) bond motifs is 1. The number of urea groups is 1. The lowest BCUT2D eigenvalue weighted by atomic mass is 9.82. The number of hydrazine groups is 1. The van der Waals surface area contributed by atoms with E-state index in [1.807, 2.05) is 0 Å². The normalized spacial score (nSPS) is 18.4. The largest absolute Gasteiger partial charge is 0.344 e. The Hall–Kier alpha value is -2.99. The van der Waals surface area contributed by atoms with Gasteiger partial charge in [-0.25, -0.2) is 22.5 Å². The molecule has 4 rings (SSSR count). The number of aryl methyl sites for hydroxylation is 2. The van der Waals surface area contributed by atoms with Crippen molar-refractivity contribution >= 4 is 38.9 Å². The van der Waals surface area contributed by atoms with E-state index in [2.05, 4.69) is 15.7 Å². The number of imidazole rings is 1. The summed E-state index contributed by atoms with van der Waals surface area (Å²) in [6.07, 6.45) is 4.16. The van der Waals surface area contributed by atoms with Crippen LogP contribution in [0.3, 0.4) is 0 Å². The van der Waals surface area contributed by atoms with Crippen molar-refractivity contribution in [1.29, 1.82) is 0 Å². The number of nitrogens with one attached hydrogen (secondary N) is 2. The predicted molar refractivity (Wildman–Crippen MR) is 119 cm³/mol. The monoisotopic (exact) mass is 476 g/mol. The van der Waals surface area contributed by atoms with E-state index in [0.29, 0.717) is 24.2 Å². The van der Waals surface area contributed by atoms with Crippen LogP contribution in [-0.2, 0) is 33.1 Å². The van der Waals surface area contributed by atoms with Gasteiger partial charge in [-0.3, -0.25) is 15.0 Å². The highest BCUT2D eigenvalue weighted by Gasteiger charge is 2.52. The lowest BCUT2D eigenvalue weighted by molar-refractivity contribution is -0.139. The van der Waals surface area contributed by atoms with Crippen LogP contribution in [0.15, 0.2) is 23.1 Å². The zero-order chi connectivity index (χ0) is 24.0. The Morgan fingerprint density at radius 3 is 2.58 bits per heavy atom. The number of carbonyl (C=O) groups is 3. The molecule has 1 aliphatic carbocycles. The molecule has 0 unspecified atom stereocenters. The lowest BCUT2D eigenvalue weighted by Gasteiger charge is -2.30. The Balaban J connectivity index is 1.44. The van der Waals surface area contributed by atoms with Crippen molar-refractivity contribution in [1.82, 2.24) is 29.6 Å². The Bertz CT molecular complexity index is 1230. The minimum atomic E-state index is -3.59. The van der Waals surface area contributed by atoms with Crippen LogP contribution in [-0.4, -0.2) is 64.8 Å². The summed E-state index contributed by atoms with van der Waals surface area (Å²) in [5, 5.41) is 3.55. The molecule has 2 N–H and O–H groups in total. The molecular formula is C21H28N6O5S. The molecule has 178 valence electrons. The van der Waals surface area contributed by atoms with Crippen LogP contribution < -0.4 is 10.7 Å². The van der Waals surface area contributed by atoms with Gasteiger partial charge in [0.1, 0.15) is 11.4 Å². The molecule has 4 amide bonds. The maximum absolute atomic E-state index is 12.8. The number of carbonyl (C=O) groups excluding carboxylic acids is 3. The second kappa shape index (κ2) is 8.41. The average molecular weight is 477 g/mol. The number of sulfonamides is 1. The van der Waals surface area contributed by atoms with Gasteiger partial charge in [0.2, 0.25) is 15.9 Å². The SMILES string of the molecule is CN(C)S(=O)(=O)c1ccc2c(c1)nc(CCC(=O)NN1C(=O)NC3(CCCCC3)C1=O)n2C. The van der Waals surface area contributed by atoms with Crippen LogP contribution in [0, 0.1) is 0 Å². The molecule has 1 aromatic heterocycles. The molecule has 0 bridgehead atoms. The number of hydrogen-bond donors (Lipinski definition) is 2. The highest BCUT2D eigenvalue weighted by atomic mass is 32.2. The van der Waals surface area contributed by atoms with Crippen LogP contribution in [0.2, 0.25) is 0 Å². The molecule has 2 fully saturated rings. The summed E-state index contributed by atoms with van der Waals surface area (Å²) < 4.78 is 27.7. The molecular weight excluding hydrogens is 448 g/mol. The van der Waals surface area contributed by atoms with E-state index in [0.717, 1.165) is 34.1 Å². The molecule has 12 heteroatoms. The number of aromatic nitrogens is 2. The molecule has 1 spiro atoms. The molecule has 2 aromatic rings. The van der Waals surface area contributed by atoms with E-state index in [9.17, 15) is 22.8 Å². The number of benzene rings is 1. The minimum absolute atomic E-state index is 0.00404. The van der Waals surface area contributed by atoms with E-state index in [4.69, 9.17) is 0 Å². The zero-order valence-corrected chi connectivity index (χ0v) is 19.7. The van der Waals surface area contributed by atoms with Gasteiger partial charge < -0.3 is 9.88 Å². The van der Waals surface area contributed by atoms with Crippen molar-refractivity contribution in [3.8, 4) is 0 Å². The highest BCUT2D eigenvalue weighted by Crippen LogP contribution is 2.33. The fourth-order valence-electron chi connectivity index (χ4n) is 4.45. The smallest absolute Gasteiger partial charge is 0.331 e. The molecule has 11 nitrogen and oxygen atoms in total. The third kappa shape index (κ3) is 4.08. The fraction of sp³-hybridized carbons (Fsp3) is 0.524. The molecule has 33 heavy (non-hydrogen) atoms. The first kappa shape index (κ1) is 23.2. The van der Waals surface area contributed by atoms with Crippen molar-refractivity contribution in [2.75, 3.05) is 14.1 Å². The van der Waals surface area contributed by atoms with Crippen LogP contribution in [0.1, 0.15) is 44.3 Å². The lowest BCUT2D eigenvalue weighted by Crippen LogP contribution is -2.51. The minimum Gasteiger partial charge on any atom is -0.331 e. The molecule has 2 heterocycles. The van der Waals surface area contributed by atoms with Crippen molar-refractivity contribution in [3.63, 3.8) is 0 Å². The van der Waals surface area contributed by atoms with Crippen LogP contribution >= 0.6 is 0 Å². The molecule has 0 atom stereocenters. The second-order valence-corrected chi connectivity index (χ2v) is 10.9. The van der Waals surface area contributed by atoms with Gasteiger partial charge in [0.15, 0.2) is 0 Å². The number of hydrogen-bond acceptors (Lipinski definition) is 6. The summed E-state index contributed by atoms with van der Waals surface area (Å²) in [7, 11) is 1.12. The Morgan fingerprint density at radius 2 is 1.91 bits per heavy atom. The third-order valence-corrected chi connectivity index (χ3v) is 8.22. The van der Waals surface area contributed by atoms with Gasteiger partial charge in [0.25, 0.3) is 5.91 Å². The number of amides is 4. The van der Waals surface area contributed by atoms with E-state index in [-0.39, 0.29) is 17.7 Å². The first-order valence-corrected chi connectivity index (χ1v) is 12.3. The molecule has 1 saturated carbocycles. The van der Waals surface area contributed by atoms with E-state index in [1.165, 1.54) is 26.2 Å². The summed E-state index contributed by atoms with van der Waals surface area (Å²) in [6.45, 7) is 0. The van der Waals surface area contributed by atoms with Gasteiger partial charge in [-0.15, -0.1) is 0 Å². The highest BCUT2D eigenvalue weighted by molar-refractivity contribution is 7.89. The van der Waals surface area contributed by atoms with Gasteiger partial charge in [-0.05, 0) is 31.0 Å². The van der Waals surface area contributed by atoms with Gasteiger partial charge in [-0.2, -0.15) is 5.01 Å². The predicted octanol–water partition coefficient (Wildman–Crippen LogP) is 1.04. The number of nitrogens with zero attached hydrogens (tertiary/aromatic N) is 4. The summed E-state index contributed by atoms with van der Waals surface area (Å²) >= 11 is 0. The van der Waals surface area contributed by atoms with Crippen LogP contribution in [0.4, 0.5) is 4.79 Å². The van der Waals surface area contributed by atoms with E-state index in [1.54, 1.807) is 17.7 Å². The quantitative estimate of drug-likeness (QED) is 0.599. The number of rotatable bonds is 6. The topological polar surface area (TPSA) is 134 Å². The standard InChI is InChI=1S/C21H28N6O5S/c1-25(2)33(31,32)14-7-8-16-15(13-14)22-17(26(16)3)9-10-18(28)24-27-19(29)21(23-20(27)30)11-5-4-6-12-21/h7-8,13H,4-6,9-12H2,1-3H3,(H,23,30)(H,24,28). The van der Waals surface area contributed by atoms with Crippen molar-refractivity contribution in [3.05, 3.63) is 24.0 Å². The molecule has 2 aliphatic rings. The summed E-state index contributed by atoms with van der Waals surface area (Å²) in [4.78, 5) is 42.2. The summed E-state index contributed by atoms with van der Waals surface area (Å²) in [5.41, 5.74) is 2.76. The van der Waals surface area contributed by atoms with Gasteiger partial charge in [0.05, 0.1) is 15.9 Å². The fourth-order valence-corrected chi connectivity index (χ4v) is 5.37. The van der Waals surface area contributed by atoms with Crippen molar-refractivity contribution in [2.24, 2.45) is 7.05 Å². The summed E-state index contributed by atoms with van der Waals surface area (Å²) in [6, 6.07) is 4.10. The molecule has 1 aliphatic heterocycles. The van der Waals surface area contributed by atoms with E-state index >= 15 is 0 Å². The number of imide groups is 1. The van der Waals surface area contributed by atoms with Crippen LogP contribution in [0.5, 0.6) is 0 Å². The third-order valence-electron chi connectivity index (χ3n) is 6.40. The zero-order valence-electron chi connectivity index (χ0n) is 18.9. The van der Waals surface area contributed by atoms with Crippen LogP contribution in [0.25, 0.3) is 11.0 Å². The Kier molecular flexibility index (Phi) is 5.91. The first-order valence-electron chi connectivity index (χ1n) is 10.9. The average Bonchev–Trinajstić information content (AvgIpc) is 3.21. The summed E-state index contributed by atoms with van der Waals surface area (Å²) in [5.74, 6) is -0.298. The Labute approximate surface area is 192 Å². The van der Waals surface area contributed by atoms with Gasteiger partial charge >= 0.3 is 6.03 Å². The van der Waals surface area contributed by atoms with Gasteiger partial charge in [-0.1, -0.05) is 19.3 Å². The van der Waals surface area contributed by atoms with E-state index < -0.39 is 33.4 Å². The molecule has 1 saturated heterocycles. The molecule has 0 radical (unpaired) electrons. The maximum atomic E-state index is 12.8. The van der Waals surface area contributed by atoms with Crippen molar-refractivity contribution < 1.29 is 22.8 Å². The second-order valence-electron chi connectivity index (χ2n) is 8.77. The molecule has 1 aromatic carbocycles. The first-order chi connectivity index (χ1) is 15.5. The Morgan fingerprint density at radius 1 is 1.21 bits per heavy atom. The van der Waals surface area contributed by atoms with Gasteiger partial charge in [0, 0.05) is 34.0 Å². The maximum Gasteiger partial charge on any atom is 0.344 e. The van der Waals surface area contributed by atoms with Crippen molar-refractivity contribution in [2.45, 2.75) is 55.4 Å².